The maximum absolute atomic E-state index is 11.4. The number of benzene rings is 3. The molecular weight excluding hydrogens is 501 g/mol. The lowest BCUT2D eigenvalue weighted by atomic mass is 10.1. The van der Waals surface area contributed by atoms with E-state index in [1.807, 2.05) is 24.3 Å². The average Bonchev–Trinajstić information content (AvgIpc) is 3.10. The summed E-state index contributed by atoms with van der Waals surface area (Å²) in [4.78, 5) is 0.128. The van der Waals surface area contributed by atoms with Crippen LogP contribution >= 0.6 is 35.6 Å². The molecule has 0 spiro atoms. The second kappa shape index (κ2) is 10.9. The van der Waals surface area contributed by atoms with Crippen LogP contribution in [0.2, 0.25) is 10.0 Å². The number of nitrogens with two attached hydrogens (primary N) is 1. The van der Waals surface area contributed by atoms with Gasteiger partial charge in [0.2, 0.25) is 10.0 Å². The van der Waals surface area contributed by atoms with E-state index in [4.69, 9.17) is 28.3 Å². The molecule has 1 aromatic heterocycles. The first kappa shape index (κ1) is 25.6. The fourth-order valence-corrected chi connectivity index (χ4v) is 4.71. The molecule has 3 aromatic carbocycles. The number of hydrogen-bond donors (Lipinski definition) is 2. The molecule has 0 bridgehead atoms. The monoisotopic (exact) mass is 523 g/mol. The number of para-hydroxylation sites is 1. The lowest BCUT2D eigenvalue weighted by Gasteiger charge is -2.08. The van der Waals surface area contributed by atoms with Crippen LogP contribution in [0.4, 0.5) is 0 Å². The number of primary sulfonamides is 1. The van der Waals surface area contributed by atoms with E-state index in [1.54, 1.807) is 30.3 Å². The highest BCUT2D eigenvalue weighted by Gasteiger charge is 2.10. The van der Waals surface area contributed by atoms with E-state index in [-0.39, 0.29) is 17.3 Å². The molecule has 0 radical (unpaired) electrons. The summed E-state index contributed by atoms with van der Waals surface area (Å²) in [6, 6.07) is 20.6. The molecule has 1 heterocycles. The van der Waals surface area contributed by atoms with Crippen LogP contribution in [-0.4, -0.2) is 19.5 Å². The van der Waals surface area contributed by atoms with Crippen LogP contribution in [0.3, 0.4) is 0 Å². The van der Waals surface area contributed by atoms with E-state index >= 15 is 0 Å². The Morgan fingerprint density at radius 2 is 1.67 bits per heavy atom. The highest BCUT2D eigenvalue weighted by atomic mass is 35.5. The predicted octanol–water partition coefficient (Wildman–Crippen LogP) is 5.40. The quantitative estimate of drug-likeness (QED) is 0.303. The van der Waals surface area contributed by atoms with E-state index in [0.29, 0.717) is 16.6 Å². The number of hydrogen-bond acceptors (Lipinski definition) is 3. The highest BCUT2D eigenvalue weighted by molar-refractivity contribution is 7.89. The fraction of sp³-hybridized carbons (Fsp3) is 0.167. The summed E-state index contributed by atoms with van der Waals surface area (Å²) in [5, 5.41) is 11.1. The number of sulfonamides is 1. The van der Waals surface area contributed by atoms with Crippen LogP contribution in [-0.2, 0) is 29.5 Å². The van der Waals surface area contributed by atoms with Crippen LogP contribution in [0.25, 0.3) is 10.9 Å². The van der Waals surface area contributed by atoms with Gasteiger partial charge in [-0.3, -0.25) is 0 Å². The topological polar surface area (TPSA) is 77.1 Å². The van der Waals surface area contributed by atoms with Crippen molar-refractivity contribution in [3.63, 3.8) is 0 Å². The SMILES string of the molecule is Cl.NS(=O)(=O)c1ccc(CCNCc2cn(Cc3ccc(Cl)cc3Cl)c3ccccc23)cc1. The second-order valence-corrected chi connectivity index (χ2v) is 10.1. The molecule has 0 saturated heterocycles. The third kappa shape index (κ3) is 6.29. The van der Waals surface area contributed by atoms with Crippen molar-refractivity contribution >= 4 is 56.5 Å². The zero-order valence-corrected chi connectivity index (χ0v) is 20.8. The number of nitrogens with one attached hydrogen (secondary N) is 1. The van der Waals surface area contributed by atoms with E-state index in [2.05, 4.69) is 28.2 Å². The summed E-state index contributed by atoms with van der Waals surface area (Å²) in [6.45, 7) is 2.14. The van der Waals surface area contributed by atoms with Gasteiger partial charge in [-0.05, 0) is 60.0 Å². The predicted molar refractivity (Wildman–Crippen MR) is 138 cm³/mol. The molecule has 3 N–H and O–H groups in total. The molecule has 0 fully saturated rings. The van der Waals surface area contributed by atoms with Gasteiger partial charge in [-0.15, -0.1) is 12.4 Å². The van der Waals surface area contributed by atoms with Crippen molar-refractivity contribution < 1.29 is 8.42 Å². The first-order valence-corrected chi connectivity index (χ1v) is 12.4. The van der Waals surface area contributed by atoms with Crippen LogP contribution in [0.1, 0.15) is 16.7 Å². The number of aromatic nitrogens is 1. The van der Waals surface area contributed by atoms with Gasteiger partial charge in [0.1, 0.15) is 0 Å². The van der Waals surface area contributed by atoms with Gasteiger partial charge >= 0.3 is 0 Å². The Kier molecular flexibility index (Phi) is 8.45. The summed E-state index contributed by atoms with van der Waals surface area (Å²) >= 11 is 12.4. The zero-order valence-electron chi connectivity index (χ0n) is 17.7. The minimum absolute atomic E-state index is 0. The van der Waals surface area contributed by atoms with Gasteiger partial charge in [-0.25, -0.2) is 13.6 Å². The number of rotatable bonds is 8. The van der Waals surface area contributed by atoms with Crippen molar-refractivity contribution in [3.05, 3.63) is 99.7 Å². The van der Waals surface area contributed by atoms with Crippen LogP contribution in [0, 0.1) is 0 Å². The first-order valence-electron chi connectivity index (χ1n) is 10.1. The van der Waals surface area contributed by atoms with Gasteiger partial charge in [0.05, 0.1) is 4.90 Å². The van der Waals surface area contributed by atoms with E-state index in [0.717, 1.165) is 36.2 Å². The van der Waals surface area contributed by atoms with Crippen molar-refractivity contribution in [2.75, 3.05) is 6.54 Å². The lowest BCUT2D eigenvalue weighted by molar-refractivity contribution is 0.597. The molecule has 33 heavy (non-hydrogen) atoms. The van der Waals surface area contributed by atoms with E-state index in [9.17, 15) is 8.42 Å². The third-order valence-corrected chi connectivity index (χ3v) is 6.90. The Labute approximate surface area is 210 Å². The molecule has 4 rings (SSSR count). The van der Waals surface area contributed by atoms with Gasteiger partial charge in [-0.2, -0.15) is 0 Å². The number of halogens is 3. The molecule has 0 unspecified atom stereocenters. The summed E-state index contributed by atoms with van der Waals surface area (Å²) < 4.78 is 24.9. The fourth-order valence-electron chi connectivity index (χ4n) is 3.73. The van der Waals surface area contributed by atoms with Gasteiger partial charge < -0.3 is 9.88 Å². The van der Waals surface area contributed by atoms with Gasteiger partial charge in [-0.1, -0.05) is 59.6 Å². The lowest BCUT2D eigenvalue weighted by Crippen LogP contribution is -2.17. The summed E-state index contributed by atoms with van der Waals surface area (Å²) in [7, 11) is -3.66. The Morgan fingerprint density at radius 3 is 2.36 bits per heavy atom. The van der Waals surface area contributed by atoms with Crippen LogP contribution < -0.4 is 10.5 Å². The highest BCUT2D eigenvalue weighted by Crippen LogP contribution is 2.26. The summed E-state index contributed by atoms with van der Waals surface area (Å²) in [5.41, 5.74) is 4.41. The molecule has 4 aromatic rings. The second-order valence-electron chi connectivity index (χ2n) is 7.65. The molecule has 0 atom stereocenters. The Morgan fingerprint density at radius 1 is 0.939 bits per heavy atom. The zero-order chi connectivity index (χ0) is 22.7. The molecular formula is C24H24Cl3N3O2S. The van der Waals surface area contributed by atoms with Crippen molar-refractivity contribution in [1.29, 1.82) is 0 Å². The minimum atomic E-state index is -3.66. The first-order chi connectivity index (χ1) is 15.3. The van der Waals surface area contributed by atoms with Gasteiger partial charge in [0.25, 0.3) is 0 Å². The van der Waals surface area contributed by atoms with Crippen LogP contribution in [0.15, 0.2) is 77.8 Å². The molecule has 174 valence electrons. The van der Waals surface area contributed by atoms with E-state index in [1.165, 1.54) is 10.9 Å². The molecule has 0 saturated carbocycles. The molecule has 0 aliphatic heterocycles. The standard InChI is InChI=1S/C24H23Cl2N3O2S.ClH/c25-20-8-7-18(23(26)13-20)15-29-16-19(22-3-1-2-4-24(22)29)14-28-12-11-17-5-9-21(10-6-17)32(27,30)31;/h1-10,13,16,28H,11-12,14-15H2,(H2,27,30,31);1H. The Hall–Kier alpha value is -2.06. The molecule has 5 nitrogen and oxygen atoms in total. The van der Waals surface area contributed by atoms with Crippen molar-refractivity contribution in [3.8, 4) is 0 Å². The average molecular weight is 525 g/mol. The molecule has 0 aliphatic carbocycles. The van der Waals surface area contributed by atoms with Crippen molar-refractivity contribution in [2.45, 2.75) is 24.4 Å². The van der Waals surface area contributed by atoms with Gasteiger partial charge in [0, 0.05) is 40.2 Å². The Balaban J connectivity index is 0.00000306. The molecule has 9 heteroatoms. The Bertz CT molecular complexity index is 1350. The minimum Gasteiger partial charge on any atom is -0.343 e. The maximum atomic E-state index is 11.4. The summed E-state index contributed by atoms with van der Waals surface area (Å²) in [6.07, 6.45) is 2.94. The number of fused-ring (bicyclic) bond motifs is 1. The third-order valence-electron chi connectivity index (χ3n) is 5.38. The van der Waals surface area contributed by atoms with Crippen molar-refractivity contribution in [1.82, 2.24) is 9.88 Å². The van der Waals surface area contributed by atoms with Gasteiger partial charge in [0.15, 0.2) is 0 Å². The normalized spacial score (nSPS) is 11.5. The largest absolute Gasteiger partial charge is 0.343 e. The molecule has 0 amide bonds. The smallest absolute Gasteiger partial charge is 0.238 e. The summed E-state index contributed by atoms with van der Waals surface area (Å²) in [5.74, 6) is 0. The van der Waals surface area contributed by atoms with E-state index < -0.39 is 10.0 Å². The maximum Gasteiger partial charge on any atom is 0.238 e. The number of nitrogens with zero attached hydrogens (tertiary/aromatic N) is 1. The molecule has 0 aliphatic rings. The van der Waals surface area contributed by atoms with Crippen molar-refractivity contribution in [2.24, 2.45) is 5.14 Å². The van der Waals surface area contributed by atoms with Crippen LogP contribution in [0.5, 0.6) is 0 Å².